The molecule has 0 radical (unpaired) electrons. The van der Waals surface area contributed by atoms with Crippen molar-refractivity contribution in [1.29, 1.82) is 0 Å². The summed E-state index contributed by atoms with van der Waals surface area (Å²) in [5.74, 6) is 1.81. The molecule has 2 aromatic rings. The first-order chi connectivity index (χ1) is 9.22. The molecule has 0 fully saturated rings. The third-order valence-electron chi connectivity index (χ3n) is 2.77. The second-order valence-electron chi connectivity index (χ2n) is 4.24. The maximum atomic E-state index is 5.45. The van der Waals surface area contributed by atoms with E-state index in [1.165, 1.54) is 6.33 Å². The first kappa shape index (κ1) is 13.7. The minimum atomic E-state index is 0.352. The van der Waals surface area contributed by atoms with Gasteiger partial charge in [0.25, 0.3) is 0 Å². The number of aromatic nitrogens is 3. The van der Waals surface area contributed by atoms with Gasteiger partial charge in [0.2, 0.25) is 5.88 Å². The molecule has 2 heterocycles. The molecule has 1 unspecified atom stereocenters. The average Bonchev–Trinajstić information content (AvgIpc) is 2.94. The van der Waals surface area contributed by atoms with E-state index in [2.05, 4.69) is 27.2 Å². The standard InChI is InChI=1S/C13H18N4OS/c1-4-18-12-10(3)11(16-8-17-12)15-7-9(2)13-14-5-6-19-13/h5-6,8-9H,4,7H2,1-3H3,(H,15,16,17). The zero-order valence-electron chi connectivity index (χ0n) is 11.4. The molecule has 0 saturated carbocycles. The van der Waals surface area contributed by atoms with E-state index in [-0.39, 0.29) is 0 Å². The molecule has 2 aromatic heterocycles. The van der Waals surface area contributed by atoms with Gasteiger partial charge in [0.05, 0.1) is 17.2 Å². The van der Waals surface area contributed by atoms with E-state index in [1.54, 1.807) is 11.3 Å². The van der Waals surface area contributed by atoms with Crippen LogP contribution in [0.5, 0.6) is 5.88 Å². The molecule has 5 nitrogen and oxygen atoms in total. The fourth-order valence-corrected chi connectivity index (χ4v) is 2.41. The van der Waals surface area contributed by atoms with Gasteiger partial charge in [-0.3, -0.25) is 0 Å². The lowest BCUT2D eigenvalue weighted by Gasteiger charge is -2.13. The highest BCUT2D eigenvalue weighted by molar-refractivity contribution is 7.09. The summed E-state index contributed by atoms with van der Waals surface area (Å²) in [5, 5.41) is 6.46. The van der Waals surface area contributed by atoms with Crippen LogP contribution in [0.2, 0.25) is 0 Å². The van der Waals surface area contributed by atoms with Crippen molar-refractivity contribution >= 4 is 17.2 Å². The number of rotatable bonds is 6. The topological polar surface area (TPSA) is 59.9 Å². The van der Waals surface area contributed by atoms with E-state index >= 15 is 0 Å². The number of nitrogens with one attached hydrogen (secondary N) is 1. The Bertz CT molecular complexity index is 515. The Kier molecular flexibility index (Phi) is 4.68. The zero-order valence-corrected chi connectivity index (χ0v) is 12.2. The van der Waals surface area contributed by atoms with Gasteiger partial charge in [-0.2, -0.15) is 0 Å². The molecule has 0 aliphatic rings. The van der Waals surface area contributed by atoms with Crippen LogP contribution in [0.1, 0.15) is 30.3 Å². The Morgan fingerprint density at radius 2 is 2.21 bits per heavy atom. The van der Waals surface area contributed by atoms with Crippen molar-refractivity contribution in [2.45, 2.75) is 26.7 Å². The van der Waals surface area contributed by atoms with Crippen LogP contribution in [-0.4, -0.2) is 28.1 Å². The van der Waals surface area contributed by atoms with Gasteiger partial charge in [0.15, 0.2) is 0 Å². The lowest BCUT2D eigenvalue weighted by molar-refractivity contribution is 0.324. The highest BCUT2D eigenvalue weighted by atomic mass is 32.1. The molecule has 2 rings (SSSR count). The minimum Gasteiger partial charge on any atom is -0.478 e. The second-order valence-corrected chi connectivity index (χ2v) is 5.16. The van der Waals surface area contributed by atoms with E-state index < -0.39 is 0 Å². The van der Waals surface area contributed by atoms with Gasteiger partial charge >= 0.3 is 0 Å². The lowest BCUT2D eigenvalue weighted by atomic mass is 10.2. The lowest BCUT2D eigenvalue weighted by Crippen LogP contribution is -2.12. The molecule has 6 heteroatoms. The predicted molar refractivity (Wildman–Crippen MR) is 77.0 cm³/mol. The largest absolute Gasteiger partial charge is 0.478 e. The van der Waals surface area contributed by atoms with Gasteiger partial charge < -0.3 is 10.1 Å². The quantitative estimate of drug-likeness (QED) is 0.880. The Morgan fingerprint density at radius 1 is 1.37 bits per heavy atom. The number of hydrogen-bond donors (Lipinski definition) is 1. The Hall–Kier alpha value is -1.69. The summed E-state index contributed by atoms with van der Waals surface area (Å²) in [6, 6.07) is 0. The number of thiazole rings is 1. The first-order valence-electron chi connectivity index (χ1n) is 6.30. The number of anilines is 1. The summed E-state index contributed by atoms with van der Waals surface area (Å²) in [6.07, 6.45) is 3.36. The average molecular weight is 278 g/mol. The van der Waals surface area contributed by atoms with Crippen LogP contribution in [0.4, 0.5) is 5.82 Å². The SMILES string of the molecule is CCOc1ncnc(NCC(C)c2nccs2)c1C. The fourth-order valence-electron chi connectivity index (χ4n) is 1.71. The molecule has 0 aliphatic carbocycles. The number of ether oxygens (including phenoxy) is 1. The van der Waals surface area contributed by atoms with Crippen LogP contribution in [0.25, 0.3) is 0 Å². The molecular weight excluding hydrogens is 260 g/mol. The molecule has 0 aromatic carbocycles. The van der Waals surface area contributed by atoms with Crippen molar-refractivity contribution in [1.82, 2.24) is 15.0 Å². The maximum absolute atomic E-state index is 5.45. The van der Waals surface area contributed by atoms with E-state index in [0.717, 1.165) is 22.9 Å². The van der Waals surface area contributed by atoms with Crippen LogP contribution < -0.4 is 10.1 Å². The first-order valence-corrected chi connectivity index (χ1v) is 7.18. The predicted octanol–water partition coefficient (Wildman–Crippen LogP) is 2.86. The van der Waals surface area contributed by atoms with Gasteiger partial charge in [0.1, 0.15) is 12.1 Å². The van der Waals surface area contributed by atoms with Crippen LogP contribution >= 0.6 is 11.3 Å². The number of hydrogen-bond acceptors (Lipinski definition) is 6. The van der Waals surface area contributed by atoms with E-state index in [9.17, 15) is 0 Å². The highest BCUT2D eigenvalue weighted by Crippen LogP contribution is 2.22. The van der Waals surface area contributed by atoms with Crippen LogP contribution in [0, 0.1) is 6.92 Å². The van der Waals surface area contributed by atoms with Crippen molar-refractivity contribution in [2.24, 2.45) is 0 Å². The molecule has 102 valence electrons. The summed E-state index contributed by atoms with van der Waals surface area (Å²) in [4.78, 5) is 12.7. The molecule has 1 atom stereocenters. The highest BCUT2D eigenvalue weighted by Gasteiger charge is 2.11. The van der Waals surface area contributed by atoms with Crippen molar-refractivity contribution in [3.8, 4) is 5.88 Å². The van der Waals surface area contributed by atoms with Gasteiger partial charge in [-0.15, -0.1) is 11.3 Å². The second kappa shape index (κ2) is 6.47. The summed E-state index contributed by atoms with van der Waals surface area (Å²) in [6.45, 7) is 7.44. The monoisotopic (exact) mass is 278 g/mol. The van der Waals surface area contributed by atoms with Crippen molar-refractivity contribution in [3.05, 3.63) is 28.5 Å². The smallest absolute Gasteiger partial charge is 0.221 e. The third-order valence-corrected chi connectivity index (χ3v) is 3.77. The Balaban J connectivity index is 2.01. The molecule has 0 saturated heterocycles. The van der Waals surface area contributed by atoms with Crippen LogP contribution in [0.3, 0.4) is 0 Å². The normalized spacial score (nSPS) is 12.2. The van der Waals surface area contributed by atoms with Crippen LogP contribution in [-0.2, 0) is 0 Å². The summed E-state index contributed by atoms with van der Waals surface area (Å²) in [7, 11) is 0. The van der Waals surface area contributed by atoms with Crippen LogP contribution in [0.15, 0.2) is 17.9 Å². The Labute approximate surface area is 117 Å². The zero-order chi connectivity index (χ0) is 13.7. The van der Waals surface area contributed by atoms with Gasteiger partial charge in [-0.05, 0) is 13.8 Å². The minimum absolute atomic E-state index is 0.352. The maximum Gasteiger partial charge on any atom is 0.221 e. The van der Waals surface area contributed by atoms with Gasteiger partial charge in [-0.25, -0.2) is 15.0 Å². The van der Waals surface area contributed by atoms with Crippen molar-refractivity contribution in [2.75, 3.05) is 18.5 Å². The molecular formula is C13H18N4OS. The summed E-state index contributed by atoms with van der Waals surface area (Å²) < 4.78 is 5.45. The number of nitrogens with zero attached hydrogens (tertiary/aromatic N) is 3. The van der Waals surface area contributed by atoms with Gasteiger partial charge in [0, 0.05) is 24.0 Å². The summed E-state index contributed by atoms with van der Waals surface area (Å²) >= 11 is 1.67. The Morgan fingerprint density at radius 3 is 2.89 bits per heavy atom. The molecule has 0 amide bonds. The molecule has 0 aliphatic heterocycles. The van der Waals surface area contributed by atoms with E-state index in [1.807, 2.05) is 25.4 Å². The van der Waals surface area contributed by atoms with E-state index in [0.29, 0.717) is 18.4 Å². The molecule has 19 heavy (non-hydrogen) atoms. The fraction of sp³-hybridized carbons (Fsp3) is 0.462. The summed E-state index contributed by atoms with van der Waals surface area (Å²) in [5.41, 5.74) is 0.940. The molecule has 0 bridgehead atoms. The molecule has 0 spiro atoms. The molecule has 1 N–H and O–H groups in total. The third kappa shape index (κ3) is 3.41. The van der Waals surface area contributed by atoms with Gasteiger partial charge in [-0.1, -0.05) is 6.92 Å². The van der Waals surface area contributed by atoms with Crippen molar-refractivity contribution < 1.29 is 4.74 Å². The van der Waals surface area contributed by atoms with E-state index in [4.69, 9.17) is 4.74 Å². The van der Waals surface area contributed by atoms with Crippen molar-refractivity contribution in [3.63, 3.8) is 0 Å².